The highest BCUT2D eigenvalue weighted by Gasteiger charge is 2.31. The molecule has 0 aliphatic heterocycles. The number of rotatable bonds is 19. The molecule has 2 amide bonds. The second-order valence-corrected chi connectivity index (χ2v) is 12.3. The van der Waals surface area contributed by atoms with Crippen LogP contribution in [-0.4, -0.2) is 51.8 Å². The molecule has 8 nitrogen and oxygen atoms in total. The van der Waals surface area contributed by atoms with Crippen molar-refractivity contribution in [2.45, 2.75) is 80.2 Å². The molecule has 39 heavy (non-hydrogen) atoms. The van der Waals surface area contributed by atoms with Crippen molar-refractivity contribution in [1.29, 1.82) is 0 Å². The molecule has 0 spiro atoms. The second-order valence-electron chi connectivity index (χ2n) is 12.3. The second kappa shape index (κ2) is 16.7. The van der Waals surface area contributed by atoms with Gasteiger partial charge < -0.3 is 31.0 Å². The number of carbonyl (C=O) groups is 2. The predicted octanol–water partition coefficient (Wildman–Crippen LogP) is 4.57. The Labute approximate surface area is 236 Å². The monoisotopic (exact) mass is 549 g/mol. The molecule has 1 aromatic rings. The molecule has 0 bridgehead atoms. The molecular formula is C31H55N3O5. The van der Waals surface area contributed by atoms with Gasteiger partial charge in [-0.3, -0.25) is 9.59 Å². The standard InChI is InChI=1S/C31H55N3O5/c1-20(2)24(16-23-11-12-27(38-9)28(17-23)39-14-10-13-37-8)15-22(5)26(32)18-25(21(3)4)29(35)34-19-31(6,7)30(33)36/h11-12,17,20-22,24-26H,10,13-16,18-19,32H2,1-9H3,(H2,33,36)(H,34,35)/t22-,24+,25-,26-/m0/s1. The summed E-state index contributed by atoms with van der Waals surface area (Å²) in [5, 5.41) is 2.93. The average molecular weight is 550 g/mol. The number of primary amides is 1. The van der Waals surface area contributed by atoms with Gasteiger partial charge in [0, 0.05) is 38.6 Å². The van der Waals surface area contributed by atoms with Gasteiger partial charge in [0.1, 0.15) is 0 Å². The molecule has 0 aliphatic rings. The molecule has 0 radical (unpaired) electrons. The van der Waals surface area contributed by atoms with Gasteiger partial charge in [-0.15, -0.1) is 0 Å². The third kappa shape index (κ3) is 11.8. The Balaban J connectivity index is 2.87. The van der Waals surface area contributed by atoms with E-state index in [9.17, 15) is 9.59 Å². The minimum atomic E-state index is -0.798. The number of benzene rings is 1. The van der Waals surface area contributed by atoms with Gasteiger partial charge in [0.2, 0.25) is 11.8 Å². The lowest BCUT2D eigenvalue weighted by atomic mass is 9.77. The number of methoxy groups -OCH3 is 2. The maximum atomic E-state index is 13.0. The first-order valence-corrected chi connectivity index (χ1v) is 14.3. The van der Waals surface area contributed by atoms with Gasteiger partial charge in [-0.25, -0.2) is 0 Å². The van der Waals surface area contributed by atoms with Crippen molar-refractivity contribution in [3.63, 3.8) is 0 Å². The number of hydrogen-bond acceptors (Lipinski definition) is 6. The smallest absolute Gasteiger partial charge is 0.224 e. The molecule has 1 rings (SSSR count). The zero-order valence-corrected chi connectivity index (χ0v) is 25.8. The van der Waals surface area contributed by atoms with Gasteiger partial charge in [0.25, 0.3) is 0 Å². The van der Waals surface area contributed by atoms with E-state index in [0.717, 1.165) is 30.8 Å². The molecule has 0 fully saturated rings. The Bertz CT molecular complexity index is 887. The minimum absolute atomic E-state index is 0.0707. The Morgan fingerprint density at radius 1 is 0.974 bits per heavy atom. The molecule has 5 N–H and O–H groups in total. The summed E-state index contributed by atoms with van der Waals surface area (Å²) in [6, 6.07) is 6.04. The summed E-state index contributed by atoms with van der Waals surface area (Å²) in [6.07, 6.45) is 3.26. The molecule has 0 saturated heterocycles. The van der Waals surface area contributed by atoms with Crippen LogP contribution in [0.3, 0.4) is 0 Å². The number of nitrogens with two attached hydrogens (primary N) is 2. The van der Waals surface area contributed by atoms with Crippen LogP contribution < -0.4 is 26.3 Å². The number of hydrogen-bond donors (Lipinski definition) is 3. The Kier molecular flexibility index (Phi) is 14.9. The molecule has 0 aliphatic carbocycles. The molecule has 0 heterocycles. The van der Waals surface area contributed by atoms with E-state index in [4.69, 9.17) is 25.7 Å². The van der Waals surface area contributed by atoms with E-state index in [0.29, 0.717) is 31.5 Å². The van der Waals surface area contributed by atoms with E-state index in [1.807, 2.05) is 19.9 Å². The van der Waals surface area contributed by atoms with E-state index in [-0.39, 0.29) is 36.2 Å². The lowest BCUT2D eigenvalue weighted by Gasteiger charge is -2.31. The van der Waals surface area contributed by atoms with Gasteiger partial charge in [-0.2, -0.15) is 0 Å². The van der Waals surface area contributed by atoms with Crippen molar-refractivity contribution in [2.75, 3.05) is 34.0 Å². The normalized spacial score (nSPS) is 15.1. The summed E-state index contributed by atoms with van der Waals surface area (Å²) in [5.41, 5.74) is 12.6. The van der Waals surface area contributed by atoms with Crippen LogP contribution in [0.2, 0.25) is 0 Å². The predicted molar refractivity (Wildman–Crippen MR) is 158 cm³/mol. The number of nitrogens with one attached hydrogen (secondary N) is 1. The van der Waals surface area contributed by atoms with Crippen LogP contribution in [0.25, 0.3) is 0 Å². The van der Waals surface area contributed by atoms with Crippen molar-refractivity contribution in [3.05, 3.63) is 23.8 Å². The number of carbonyl (C=O) groups excluding carboxylic acids is 2. The maximum absolute atomic E-state index is 13.0. The highest BCUT2D eigenvalue weighted by molar-refractivity contribution is 5.83. The molecule has 0 unspecified atom stereocenters. The SMILES string of the molecule is COCCCOc1cc(C[C@@H](C[C@H](C)[C@@H](N)C[C@H](C(=O)NCC(C)(C)C(N)=O)C(C)C)C(C)C)ccc1OC. The lowest BCUT2D eigenvalue weighted by molar-refractivity contribution is -0.129. The molecule has 0 saturated carbocycles. The van der Waals surface area contributed by atoms with Crippen LogP contribution >= 0.6 is 0 Å². The average Bonchev–Trinajstić information content (AvgIpc) is 2.87. The van der Waals surface area contributed by atoms with E-state index in [1.54, 1.807) is 28.1 Å². The summed E-state index contributed by atoms with van der Waals surface area (Å²) in [5.74, 6) is 1.99. The largest absolute Gasteiger partial charge is 0.493 e. The number of ether oxygens (including phenoxy) is 3. The van der Waals surface area contributed by atoms with Gasteiger partial charge in [0.05, 0.1) is 19.1 Å². The number of amides is 2. The first kappa shape index (κ1) is 34.7. The van der Waals surface area contributed by atoms with Crippen molar-refractivity contribution in [1.82, 2.24) is 5.32 Å². The highest BCUT2D eigenvalue weighted by atomic mass is 16.5. The summed E-state index contributed by atoms with van der Waals surface area (Å²) in [6.45, 7) is 15.7. The molecular weight excluding hydrogens is 494 g/mol. The van der Waals surface area contributed by atoms with Crippen LogP contribution in [0, 0.1) is 35.0 Å². The Morgan fingerprint density at radius 2 is 1.64 bits per heavy atom. The molecule has 4 atom stereocenters. The van der Waals surface area contributed by atoms with E-state index >= 15 is 0 Å². The highest BCUT2D eigenvalue weighted by Crippen LogP contribution is 2.33. The van der Waals surface area contributed by atoms with Gasteiger partial charge in [-0.05, 0) is 74.5 Å². The molecule has 1 aromatic carbocycles. The van der Waals surface area contributed by atoms with E-state index in [1.165, 1.54) is 5.56 Å². The van der Waals surface area contributed by atoms with Crippen LogP contribution in [0.15, 0.2) is 18.2 Å². The molecule has 224 valence electrons. The molecule has 0 aromatic heterocycles. The Hall–Kier alpha value is -2.32. The van der Waals surface area contributed by atoms with Gasteiger partial charge in [-0.1, -0.05) is 40.7 Å². The van der Waals surface area contributed by atoms with Crippen LogP contribution in [-0.2, 0) is 20.7 Å². The summed E-state index contributed by atoms with van der Waals surface area (Å²) < 4.78 is 16.6. The fourth-order valence-electron chi connectivity index (χ4n) is 4.63. The van der Waals surface area contributed by atoms with Crippen LogP contribution in [0.1, 0.15) is 73.3 Å². The first-order valence-electron chi connectivity index (χ1n) is 14.3. The van der Waals surface area contributed by atoms with Crippen molar-refractivity contribution < 1.29 is 23.8 Å². The third-order valence-corrected chi connectivity index (χ3v) is 7.86. The van der Waals surface area contributed by atoms with Crippen molar-refractivity contribution >= 4 is 11.8 Å². The van der Waals surface area contributed by atoms with Crippen molar-refractivity contribution in [2.24, 2.45) is 46.5 Å². The molecule has 8 heteroatoms. The quantitative estimate of drug-likeness (QED) is 0.217. The van der Waals surface area contributed by atoms with Crippen LogP contribution in [0.4, 0.5) is 0 Å². The maximum Gasteiger partial charge on any atom is 0.224 e. The zero-order valence-electron chi connectivity index (χ0n) is 25.8. The van der Waals surface area contributed by atoms with Gasteiger partial charge in [0.15, 0.2) is 11.5 Å². The summed E-state index contributed by atoms with van der Waals surface area (Å²) in [7, 11) is 3.34. The van der Waals surface area contributed by atoms with E-state index in [2.05, 4.69) is 38.2 Å². The zero-order chi connectivity index (χ0) is 29.8. The minimum Gasteiger partial charge on any atom is -0.493 e. The third-order valence-electron chi connectivity index (χ3n) is 7.86. The fourth-order valence-corrected chi connectivity index (χ4v) is 4.63. The first-order chi connectivity index (χ1) is 18.2. The van der Waals surface area contributed by atoms with Crippen molar-refractivity contribution in [3.8, 4) is 11.5 Å². The summed E-state index contributed by atoms with van der Waals surface area (Å²) in [4.78, 5) is 24.7. The van der Waals surface area contributed by atoms with E-state index < -0.39 is 11.3 Å². The topological polar surface area (TPSA) is 126 Å². The lowest BCUT2D eigenvalue weighted by Crippen LogP contribution is -2.46. The van der Waals surface area contributed by atoms with Crippen LogP contribution in [0.5, 0.6) is 11.5 Å². The fraction of sp³-hybridized carbons (Fsp3) is 0.742. The Morgan fingerprint density at radius 3 is 2.18 bits per heavy atom. The summed E-state index contributed by atoms with van der Waals surface area (Å²) >= 11 is 0. The van der Waals surface area contributed by atoms with Gasteiger partial charge >= 0.3 is 0 Å².